The summed E-state index contributed by atoms with van der Waals surface area (Å²) in [6.07, 6.45) is 2.72. The highest BCUT2D eigenvalue weighted by Gasteiger charge is 2.46. The minimum atomic E-state index is -1.08. The van der Waals surface area contributed by atoms with Crippen LogP contribution in [0.25, 0.3) is 0 Å². The lowest BCUT2D eigenvalue weighted by Crippen LogP contribution is -2.65. The number of benzene rings is 2. The van der Waals surface area contributed by atoms with Crippen molar-refractivity contribution in [2.75, 3.05) is 7.05 Å². The number of allylic oxidation sites excluding steroid dienone is 1. The topological polar surface area (TPSA) is 73.2 Å². The maximum atomic E-state index is 13.2. The largest absolute Gasteiger partial charge is 0.336 e. The summed E-state index contributed by atoms with van der Waals surface area (Å²) in [6.45, 7) is 1.84. The summed E-state index contributed by atoms with van der Waals surface area (Å²) in [5.74, 6) is -0.910. The fraction of sp³-hybridized carbons (Fsp3) is 0.261. The first-order valence-electron chi connectivity index (χ1n) is 9.43. The third-order valence-corrected chi connectivity index (χ3v) is 5.34. The second-order valence-electron chi connectivity index (χ2n) is 7.12. The van der Waals surface area contributed by atoms with Crippen molar-refractivity contribution in [3.63, 3.8) is 0 Å². The van der Waals surface area contributed by atoms with Crippen molar-refractivity contribution in [2.24, 2.45) is 0 Å². The quantitative estimate of drug-likeness (QED) is 0.796. The lowest BCUT2D eigenvalue weighted by Gasteiger charge is -2.41. The highest BCUT2D eigenvalue weighted by Crippen LogP contribution is 2.27. The van der Waals surface area contributed by atoms with E-state index >= 15 is 0 Å². The number of hydrogen-bond donors (Lipinski definition) is 1. The number of nitriles is 1. The number of carbonyl (C=O) groups excluding carboxylic acids is 2. The molecule has 2 aromatic carbocycles. The van der Waals surface area contributed by atoms with Gasteiger partial charge in [-0.2, -0.15) is 5.26 Å². The summed E-state index contributed by atoms with van der Waals surface area (Å²) in [6, 6.07) is 15.2. The van der Waals surface area contributed by atoms with Crippen LogP contribution < -0.4 is 5.32 Å². The van der Waals surface area contributed by atoms with Gasteiger partial charge in [-0.1, -0.05) is 43.3 Å². The number of carbonyl (C=O) groups is 2. The average molecular weight is 391 g/mol. The lowest BCUT2D eigenvalue weighted by atomic mass is 9.84. The second kappa shape index (κ2) is 8.27. The summed E-state index contributed by atoms with van der Waals surface area (Å²) in [4.78, 5) is 27.4. The van der Waals surface area contributed by atoms with Crippen molar-refractivity contribution in [3.8, 4) is 6.07 Å². The zero-order valence-electron chi connectivity index (χ0n) is 16.4. The van der Waals surface area contributed by atoms with Crippen LogP contribution in [-0.2, 0) is 22.4 Å². The van der Waals surface area contributed by atoms with E-state index in [1.807, 2.05) is 19.1 Å². The van der Waals surface area contributed by atoms with Crippen molar-refractivity contribution in [1.82, 2.24) is 10.2 Å². The zero-order valence-corrected chi connectivity index (χ0v) is 16.4. The van der Waals surface area contributed by atoms with Gasteiger partial charge in [-0.05, 0) is 42.2 Å². The van der Waals surface area contributed by atoms with E-state index in [-0.39, 0.29) is 29.7 Å². The van der Waals surface area contributed by atoms with Crippen molar-refractivity contribution in [1.29, 1.82) is 5.26 Å². The van der Waals surface area contributed by atoms with Crippen molar-refractivity contribution in [2.45, 2.75) is 31.7 Å². The van der Waals surface area contributed by atoms with Crippen LogP contribution in [0.15, 0.2) is 60.3 Å². The molecular weight excluding hydrogens is 369 g/mol. The molecule has 0 aromatic heterocycles. The van der Waals surface area contributed by atoms with Gasteiger partial charge in [0, 0.05) is 13.5 Å². The summed E-state index contributed by atoms with van der Waals surface area (Å²) in [7, 11) is 1.58. The third kappa shape index (κ3) is 4.04. The van der Waals surface area contributed by atoms with E-state index in [0.717, 1.165) is 11.1 Å². The predicted molar refractivity (Wildman–Crippen MR) is 107 cm³/mol. The number of nitrogens with zero attached hydrogens (tertiary/aromatic N) is 2. The van der Waals surface area contributed by atoms with Gasteiger partial charge in [0.25, 0.3) is 11.8 Å². The molecule has 1 unspecified atom stereocenters. The van der Waals surface area contributed by atoms with Crippen LogP contribution in [0.3, 0.4) is 0 Å². The van der Waals surface area contributed by atoms with E-state index in [9.17, 15) is 19.2 Å². The van der Waals surface area contributed by atoms with Crippen LogP contribution in [0.1, 0.15) is 30.0 Å². The molecule has 2 amide bonds. The van der Waals surface area contributed by atoms with E-state index in [4.69, 9.17) is 0 Å². The van der Waals surface area contributed by atoms with Gasteiger partial charge in [-0.15, -0.1) is 0 Å². The number of rotatable bonds is 5. The molecule has 1 aliphatic heterocycles. The van der Waals surface area contributed by atoms with Crippen molar-refractivity contribution < 1.29 is 14.0 Å². The Morgan fingerprint density at radius 2 is 1.86 bits per heavy atom. The zero-order chi connectivity index (χ0) is 21.0. The SMILES string of the molecule is CCC1(Cc2ccc(F)cc2)NC(=O)C(=CCc2ccccc2C#N)N(C)C1=O. The van der Waals surface area contributed by atoms with Gasteiger partial charge in [-0.3, -0.25) is 9.59 Å². The number of amides is 2. The molecule has 1 aliphatic rings. The van der Waals surface area contributed by atoms with Crippen molar-refractivity contribution in [3.05, 3.63) is 82.8 Å². The Kier molecular flexibility index (Phi) is 5.79. The molecule has 0 spiro atoms. The summed E-state index contributed by atoms with van der Waals surface area (Å²) >= 11 is 0. The number of likely N-dealkylation sites (N-methyl/N-ethyl adjacent to an activating group) is 1. The molecule has 1 heterocycles. The molecule has 5 nitrogen and oxygen atoms in total. The number of nitrogens with one attached hydrogen (secondary N) is 1. The standard InChI is InChI=1S/C23H22FN3O2/c1-3-23(14-16-8-11-19(24)12-9-16)22(29)27(2)20(21(28)26-23)13-10-17-6-4-5-7-18(17)15-25/h4-9,11-13H,3,10,14H2,1-2H3,(H,26,28). The summed E-state index contributed by atoms with van der Waals surface area (Å²) in [5.41, 5.74) is 1.27. The molecule has 1 atom stereocenters. The fourth-order valence-electron chi connectivity index (χ4n) is 3.60. The van der Waals surface area contributed by atoms with Gasteiger partial charge in [-0.25, -0.2) is 4.39 Å². The molecule has 148 valence electrons. The summed E-state index contributed by atoms with van der Waals surface area (Å²) in [5, 5.41) is 12.1. The van der Waals surface area contributed by atoms with Gasteiger partial charge < -0.3 is 10.2 Å². The maximum Gasteiger partial charge on any atom is 0.268 e. The molecule has 6 heteroatoms. The molecule has 3 rings (SSSR count). The van der Waals surface area contributed by atoms with Gasteiger partial charge >= 0.3 is 0 Å². The predicted octanol–water partition coefficient (Wildman–Crippen LogP) is 3.10. The first-order chi connectivity index (χ1) is 13.9. The Bertz CT molecular complexity index is 1010. The highest BCUT2D eigenvalue weighted by atomic mass is 19.1. The minimum Gasteiger partial charge on any atom is -0.336 e. The third-order valence-electron chi connectivity index (χ3n) is 5.34. The molecule has 0 saturated carbocycles. The Hall–Kier alpha value is -3.46. The van der Waals surface area contributed by atoms with Crippen LogP contribution in [-0.4, -0.2) is 29.3 Å². The molecule has 0 bridgehead atoms. The Morgan fingerprint density at radius 3 is 2.52 bits per heavy atom. The number of halogens is 1. The van der Waals surface area contributed by atoms with E-state index < -0.39 is 5.54 Å². The average Bonchev–Trinajstić information content (AvgIpc) is 2.73. The van der Waals surface area contributed by atoms with E-state index in [1.54, 1.807) is 37.4 Å². The van der Waals surface area contributed by atoms with Gasteiger partial charge in [0.1, 0.15) is 17.1 Å². The second-order valence-corrected chi connectivity index (χ2v) is 7.12. The molecule has 2 aromatic rings. The maximum absolute atomic E-state index is 13.2. The van der Waals surface area contributed by atoms with E-state index in [2.05, 4.69) is 11.4 Å². The smallest absolute Gasteiger partial charge is 0.268 e. The van der Waals surface area contributed by atoms with Crippen LogP contribution >= 0.6 is 0 Å². The Balaban J connectivity index is 1.85. The Morgan fingerprint density at radius 1 is 1.17 bits per heavy atom. The van der Waals surface area contributed by atoms with Gasteiger partial charge in [0.05, 0.1) is 11.6 Å². The van der Waals surface area contributed by atoms with Crippen LogP contribution in [0.4, 0.5) is 4.39 Å². The number of piperazine rings is 1. The molecule has 29 heavy (non-hydrogen) atoms. The van der Waals surface area contributed by atoms with Gasteiger partial charge in [0.2, 0.25) is 0 Å². The fourth-order valence-corrected chi connectivity index (χ4v) is 3.60. The Labute approximate surface area is 169 Å². The first-order valence-corrected chi connectivity index (χ1v) is 9.43. The number of hydrogen-bond acceptors (Lipinski definition) is 3. The molecule has 1 N–H and O–H groups in total. The monoisotopic (exact) mass is 391 g/mol. The van der Waals surface area contributed by atoms with E-state index in [0.29, 0.717) is 18.4 Å². The minimum absolute atomic E-state index is 0.219. The van der Waals surface area contributed by atoms with Crippen LogP contribution in [0.5, 0.6) is 0 Å². The van der Waals surface area contributed by atoms with Crippen LogP contribution in [0.2, 0.25) is 0 Å². The molecule has 0 aliphatic carbocycles. The van der Waals surface area contributed by atoms with E-state index in [1.165, 1.54) is 17.0 Å². The highest BCUT2D eigenvalue weighted by molar-refractivity contribution is 6.06. The first kappa shape index (κ1) is 20.3. The molecule has 0 radical (unpaired) electrons. The molecule has 1 fully saturated rings. The van der Waals surface area contributed by atoms with Crippen LogP contribution in [0, 0.1) is 17.1 Å². The summed E-state index contributed by atoms with van der Waals surface area (Å²) < 4.78 is 13.2. The molecular formula is C23H22FN3O2. The van der Waals surface area contributed by atoms with Crippen molar-refractivity contribution >= 4 is 11.8 Å². The normalized spacial score (nSPS) is 20.5. The molecule has 1 saturated heterocycles. The lowest BCUT2D eigenvalue weighted by molar-refractivity contribution is -0.144. The van der Waals surface area contributed by atoms with Gasteiger partial charge in [0.15, 0.2) is 0 Å².